The average molecular weight is 387 g/mol. The third kappa shape index (κ3) is 2.78. The van der Waals surface area contributed by atoms with Gasteiger partial charge in [-0.05, 0) is 23.8 Å². The van der Waals surface area contributed by atoms with E-state index in [1.807, 2.05) is 0 Å². The van der Waals surface area contributed by atoms with Gasteiger partial charge in [-0.2, -0.15) is 0 Å². The Balaban J connectivity index is 2.40. The van der Waals surface area contributed by atoms with Gasteiger partial charge in [0.25, 0.3) is 0 Å². The van der Waals surface area contributed by atoms with E-state index in [4.69, 9.17) is 16.3 Å². The summed E-state index contributed by atoms with van der Waals surface area (Å²) in [6, 6.07) is 12.3. The van der Waals surface area contributed by atoms with Crippen molar-refractivity contribution in [3.8, 4) is 0 Å². The smallest absolute Gasteiger partial charge is 0.366 e. The Morgan fingerprint density at radius 1 is 1.00 bits per heavy atom. The predicted molar refractivity (Wildman–Crippen MR) is 102 cm³/mol. The molecule has 0 amide bonds. The molecule has 0 N–H and O–H groups in total. The molecule has 2 aromatic rings. The first-order valence-corrected chi connectivity index (χ1v) is 8.87. The Hall–Kier alpha value is -2.50. The maximum Gasteiger partial charge on any atom is 0.366 e. The molecule has 140 valence electrons. The number of ether oxygens (including phenoxy) is 1. The Morgan fingerprint density at radius 2 is 1.59 bits per heavy atom. The van der Waals surface area contributed by atoms with E-state index >= 15 is 0 Å². The van der Waals surface area contributed by atoms with Gasteiger partial charge < -0.3 is 9.22 Å². The van der Waals surface area contributed by atoms with Crippen molar-refractivity contribution < 1.29 is 23.6 Å². The normalized spacial score (nSPS) is 20.3. The molecule has 0 bridgehead atoms. The molecule has 0 saturated heterocycles. The molecule has 1 aliphatic rings. The van der Waals surface area contributed by atoms with Crippen LogP contribution >= 0.6 is 11.6 Å². The van der Waals surface area contributed by atoms with Gasteiger partial charge >= 0.3 is 5.97 Å². The van der Waals surface area contributed by atoms with Crippen molar-refractivity contribution in [2.45, 2.75) is 11.5 Å². The predicted octanol–water partition coefficient (Wildman–Crippen LogP) is 2.90. The minimum atomic E-state index is -1.71. The quantitative estimate of drug-likeness (QED) is 0.460. The Kier molecular flexibility index (Phi) is 4.70. The molecule has 2 unspecified atom stereocenters. The van der Waals surface area contributed by atoms with Crippen LogP contribution in [-0.2, 0) is 14.9 Å². The van der Waals surface area contributed by atoms with Gasteiger partial charge in [-0.1, -0.05) is 41.9 Å². The highest BCUT2D eigenvalue weighted by atomic mass is 35.5. The largest absolute Gasteiger partial charge is 0.465 e. The van der Waals surface area contributed by atoms with Crippen LogP contribution in [0.15, 0.2) is 48.5 Å². The van der Waals surface area contributed by atoms with Gasteiger partial charge in [0.15, 0.2) is 17.0 Å². The first-order chi connectivity index (χ1) is 12.7. The lowest BCUT2D eigenvalue weighted by Gasteiger charge is -2.41. The van der Waals surface area contributed by atoms with Crippen LogP contribution in [0.1, 0.15) is 26.3 Å². The second-order valence-electron chi connectivity index (χ2n) is 7.56. The fraction of sp³-hybridized carbons (Fsp3) is 0.286. The lowest BCUT2D eigenvalue weighted by molar-refractivity contribution is -0.889. The first kappa shape index (κ1) is 19.3. The van der Waals surface area contributed by atoms with Crippen molar-refractivity contribution in [3.05, 3.63) is 70.2 Å². The molecule has 1 aliphatic carbocycles. The lowest BCUT2D eigenvalue weighted by atomic mass is 9.69. The van der Waals surface area contributed by atoms with Crippen molar-refractivity contribution in [3.63, 3.8) is 0 Å². The number of likely N-dealkylation sites (N-methyl/N-ethyl adjacent to an activating group) is 1. The average Bonchev–Trinajstić information content (AvgIpc) is 2.83. The van der Waals surface area contributed by atoms with Crippen LogP contribution in [0.5, 0.6) is 0 Å². The summed E-state index contributed by atoms with van der Waals surface area (Å²) in [6.07, 6.45) is 0. The van der Waals surface area contributed by atoms with E-state index in [9.17, 15) is 14.4 Å². The van der Waals surface area contributed by atoms with E-state index in [-0.39, 0.29) is 15.6 Å². The van der Waals surface area contributed by atoms with E-state index in [0.29, 0.717) is 10.6 Å². The molecule has 0 radical (unpaired) electrons. The molecule has 5 nitrogen and oxygen atoms in total. The Morgan fingerprint density at radius 3 is 2.15 bits per heavy atom. The fourth-order valence-corrected chi connectivity index (χ4v) is 4.16. The zero-order chi connectivity index (χ0) is 20.0. The topological polar surface area (TPSA) is 60.4 Å². The maximum absolute atomic E-state index is 13.7. The third-order valence-electron chi connectivity index (χ3n) is 5.03. The Bertz CT molecular complexity index is 933. The monoisotopic (exact) mass is 386 g/mol. The van der Waals surface area contributed by atoms with E-state index in [0.717, 1.165) is 0 Å². The molecule has 0 fully saturated rings. The van der Waals surface area contributed by atoms with Crippen molar-refractivity contribution in [1.29, 1.82) is 0 Å². The highest BCUT2D eigenvalue weighted by Crippen LogP contribution is 2.45. The number of Topliss-reactive ketones (excluding diaryl/α,β-unsaturated/α-hetero) is 2. The fourth-order valence-electron chi connectivity index (χ4n) is 3.99. The number of benzene rings is 2. The lowest BCUT2D eigenvalue weighted by Crippen LogP contribution is -2.65. The Labute approximate surface area is 163 Å². The number of fused-ring (bicyclic) bond motifs is 1. The van der Waals surface area contributed by atoms with Crippen LogP contribution in [0.2, 0.25) is 5.02 Å². The number of esters is 1. The number of rotatable bonds is 4. The van der Waals surface area contributed by atoms with Crippen molar-refractivity contribution in [2.75, 3.05) is 28.3 Å². The third-order valence-corrected chi connectivity index (χ3v) is 5.26. The van der Waals surface area contributed by atoms with E-state index < -0.39 is 29.0 Å². The second kappa shape index (κ2) is 6.59. The summed E-state index contributed by atoms with van der Waals surface area (Å²) in [4.78, 5) is 40.2. The number of carbonyl (C=O) groups is 3. The zero-order valence-corrected chi connectivity index (χ0v) is 16.4. The molecule has 0 heterocycles. The van der Waals surface area contributed by atoms with Crippen LogP contribution in [0.4, 0.5) is 0 Å². The summed E-state index contributed by atoms with van der Waals surface area (Å²) in [5.41, 5.74) is -0.732. The molecular formula is C21H21ClNO4+. The van der Waals surface area contributed by atoms with E-state index in [1.165, 1.54) is 13.2 Å². The van der Waals surface area contributed by atoms with Crippen molar-refractivity contribution >= 4 is 29.1 Å². The molecular weight excluding hydrogens is 366 g/mol. The van der Waals surface area contributed by atoms with Gasteiger partial charge in [0.05, 0.1) is 28.3 Å². The maximum atomic E-state index is 13.7. The first-order valence-electron chi connectivity index (χ1n) is 8.49. The minimum Gasteiger partial charge on any atom is -0.465 e. The molecule has 2 aromatic carbocycles. The summed E-state index contributed by atoms with van der Waals surface area (Å²) in [6.45, 7) is 0. The highest BCUT2D eigenvalue weighted by Gasteiger charge is 2.66. The second-order valence-corrected chi connectivity index (χ2v) is 8.00. The number of carbonyl (C=O) groups excluding carboxylic acids is 3. The van der Waals surface area contributed by atoms with Gasteiger partial charge in [-0.15, -0.1) is 0 Å². The minimum absolute atomic E-state index is 0.0424. The van der Waals surface area contributed by atoms with Gasteiger partial charge in [-0.3, -0.25) is 9.59 Å². The van der Waals surface area contributed by atoms with E-state index in [2.05, 4.69) is 0 Å². The van der Waals surface area contributed by atoms with Gasteiger partial charge in [0.1, 0.15) is 0 Å². The standard InChI is InChI=1S/C21H21ClNO4/c1-23(2,3)17(20(26)27-4)21(13-8-6-5-7-9-13)18(24)15-11-10-14(22)12-16(15)19(21)25/h5-12,17H,1-4H3/q+1. The molecule has 0 saturated carbocycles. The molecule has 3 rings (SSSR count). The van der Waals surface area contributed by atoms with Crippen LogP contribution in [0.25, 0.3) is 0 Å². The SMILES string of the molecule is COC(=O)C(C1(c2ccccc2)C(=O)c2ccc(Cl)cc2C1=O)[N+](C)(C)C. The highest BCUT2D eigenvalue weighted by molar-refractivity contribution is 6.37. The summed E-state index contributed by atoms with van der Waals surface area (Å²) in [7, 11) is 6.56. The van der Waals surface area contributed by atoms with Crippen LogP contribution in [0, 0.1) is 0 Å². The summed E-state index contributed by atoms with van der Waals surface area (Å²) in [5.74, 6) is -1.46. The van der Waals surface area contributed by atoms with Crippen LogP contribution in [0.3, 0.4) is 0 Å². The number of nitrogens with zero attached hydrogens (tertiary/aromatic N) is 1. The number of ketones is 2. The number of quaternary nitrogens is 1. The molecule has 2 atom stereocenters. The van der Waals surface area contributed by atoms with Crippen LogP contribution < -0.4 is 0 Å². The van der Waals surface area contributed by atoms with Crippen molar-refractivity contribution in [1.82, 2.24) is 0 Å². The molecule has 0 aliphatic heterocycles. The van der Waals surface area contributed by atoms with Gasteiger partial charge in [0, 0.05) is 16.1 Å². The number of methoxy groups -OCH3 is 1. The number of hydrogen-bond acceptors (Lipinski definition) is 4. The summed E-state index contributed by atoms with van der Waals surface area (Å²) < 4.78 is 5.07. The summed E-state index contributed by atoms with van der Waals surface area (Å²) in [5, 5.41) is 0.360. The van der Waals surface area contributed by atoms with Gasteiger partial charge in [-0.25, -0.2) is 4.79 Å². The van der Waals surface area contributed by atoms with Gasteiger partial charge in [0.2, 0.25) is 6.04 Å². The van der Waals surface area contributed by atoms with Crippen molar-refractivity contribution in [2.24, 2.45) is 0 Å². The van der Waals surface area contributed by atoms with E-state index in [1.54, 1.807) is 63.6 Å². The number of halogens is 1. The molecule has 6 heteroatoms. The molecule has 0 aromatic heterocycles. The number of hydrogen-bond donors (Lipinski definition) is 0. The summed E-state index contributed by atoms with van der Waals surface area (Å²) >= 11 is 6.08. The van der Waals surface area contributed by atoms with Crippen LogP contribution in [-0.4, -0.2) is 56.3 Å². The zero-order valence-electron chi connectivity index (χ0n) is 15.7. The molecule has 0 spiro atoms. The molecule has 27 heavy (non-hydrogen) atoms.